The third kappa shape index (κ3) is 5.10. The second-order valence-corrected chi connectivity index (χ2v) is 13.0. The standard InChI is InChI=1S/C28H51N7O/c1-19-7-5-12-24(20(19)2)33-13-15-34(16-14-33)28(36)21-8-6-9-22(17-21)30-26-27-32-29-18-35(27)25-11-4-3-10-23(25)31-26/h19-27,29-32H,3-18H2,1-2H3. The van der Waals surface area contributed by atoms with Crippen LogP contribution < -0.4 is 21.5 Å². The molecule has 0 aromatic carbocycles. The van der Waals surface area contributed by atoms with Crippen LogP contribution in [0.2, 0.25) is 0 Å². The van der Waals surface area contributed by atoms with Gasteiger partial charge in [0.1, 0.15) is 6.17 Å². The lowest BCUT2D eigenvalue weighted by Crippen LogP contribution is -2.73. The lowest BCUT2D eigenvalue weighted by molar-refractivity contribution is -0.139. The zero-order chi connectivity index (χ0) is 24.6. The van der Waals surface area contributed by atoms with Crippen molar-refractivity contribution in [1.29, 1.82) is 0 Å². The largest absolute Gasteiger partial charge is 0.340 e. The van der Waals surface area contributed by atoms with Crippen molar-refractivity contribution in [3.05, 3.63) is 0 Å². The topological polar surface area (TPSA) is 74.9 Å². The van der Waals surface area contributed by atoms with Crippen molar-refractivity contribution in [3.63, 3.8) is 0 Å². The summed E-state index contributed by atoms with van der Waals surface area (Å²) in [4.78, 5) is 21.1. The Morgan fingerprint density at radius 3 is 2.50 bits per heavy atom. The maximum atomic E-state index is 13.6. The summed E-state index contributed by atoms with van der Waals surface area (Å²) in [6, 6.07) is 2.37. The van der Waals surface area contributed by atoms with Gasteiger partial charge in [-0.15, -0.1) is 0 Å². The van der Waals surface area contributed by atoms with E-state index >= 15 is 0 Å². The number of rotatable bonds is 4. The second kappa shape index (κ2) is 11.1. The molecule has 0 aromatic rings. The van der Waals surface area contributed by atoms with Crippen LogP contribution in [0.4, 0.5) is 0 Å². The molecule has 9 unspecified atom stereocenters. The molecular weight excluding hydrogens is 450 g/mol. The predicted molar refractivity (Wildman–Crippen MR) is 143 cm³/mol. The van der Waals surface area contributed by atoms with Gasteiger partial charge in [0.15, 0.2) is 0 Å². The lowest BCUT2D eigenvalue weighted by Gasteiger charge is -2.50. The molecule has 204 valence electrons. The highest BCUT2D eigenvalue weighted by atomic mass is 16.2. The molecular formula is C28H51N7O. The number of hydrogen-bond acceptors (Lipinski definition) is 7. The third-order valence-corrected chi connectivity index (χ3v) is 10.9. The molecule has 3 heterocycles. The molecule has 0 aromatic heterocycles. The summed E-state index contributed by atoms with van der Waals surface area (Å²) in [5.41, 5.74) is 6.92. The number of amides is 1. The molecule has 36 heavy (non-hydrogen) atoms. The van der Waals surface area contributed by atoms with Gasteiger partial charge < -0.3 is 4.90 Å². The van der Waals surface area contributed by atoms with E-state index in [2.05, 4.69) is 50.0 Å². The molecule has 3 saturated carbocycles. The molecule has 0 bridgehead atoms. The van der Waals surface area contributed by atoms with E-state index < -0.39 is 0 Å². The SMILES string of the molecule is CC1CCCC(N2CCN(C(=O)C3CCCC(NC4NC5CCCCC5N5CNNC45)C3)CC2)C1C. The summed E-state index contributed by atoms with van der Waals surface area (Å²) < 4.78 is 0. The van der Waals surface area contributed by atoms with Gasteiger partial charge in [0.05, 0.1) is 12.8 Å². The molecule has 9 atom stereocenters. The molecule has 0 radical (unpaired) electrons. The Morgan fingerprint density at radius 1 is 0.861 bits per heavy atom. The number of nitrogens with one attached hydrogen (secondary N) is 4. The monoisotopic (exact) mass is 501 g/mol. The first-order valence-electron chi connectivity index (χ1n) is 15.4. The lowest BCUT2D eigenvalue weighted by atomic mass is 9.77. The minimum Gasteiger partial charge on any atom is -0.340 e. The van der Waals surface area contributed by atoms with E-state index in [1.54, 1.807) is 0 Å². The highest BCUT2D eigenvalue weighted by Crippen LogP contribution is 2.34. The smallest absolute Gasteiger partial charge is 0.225 e. The number of hydrazine groups is 1. The fourth-order valence-corrected chi connectivity index (χ4v) is 8.61. The fourth-order valence-electron chi connectivity index (χ4n) is 8.61. The number of hydrogen-bond donors (Lipinski definition) is 4. The van der Waals surface area contributed by atoms with E-state index in [1.807, 2.05) is 0 Å². The second-order valence-electron chi connectivity index (χ2n) is 13.0. The normalized spacial score (nSPS) is 44.7. The Bertz CT molecular complexity index is 758. The number of piperazine rings is 2. The highest BCUT2D eigenvalue weighted by molar-refractivity contribution is 5.79. The predicted octanol–water partition coefficient (Wildman–Crippen LogP) is 2.04. The molecule has 6 aliphatic rings. The highest BCUT2D eigenvalue weighted by Gasteiger charge is 2.46. The average Bonchev–Trinajstić information content (AvgIpc) is 3.41. The minimum atomic E-state index is 0.188. The van der Waals surface area contributed by atoms with Crippen LogP contribution in [0.1, 0.15) is 84.5 Å². The van der Waals surface area contributed by atoms with Crippen LogP contribution in [0.3, 0.4) is 0 Å². The maximum Gasteiger partial charge on any atom is 0.225 e. The van der Waals surface area contributed by atoms with Gasteiger partial charge in [-0.3, -0.25) is 25.2 Å². The molecule has 3 aliphatic heterocycles. The Balaban J connectivity index is 1.01. The number of nitrogens with zero attached hydrogens (tertiary/aromatic N) is 3. The van der Waals surface area contributed by atoms with E-state index in [0.29, 0.717) is 30.2 Å². The van der Waals surface area contributed by atoms with E-state index in [1.165, 1.54) is 51.4 Å². The Morgan fingerprint density at radius 2 is 1.64 bits per heavy atom. The molecule has 3 aliphatic carbocycles. The van der Waals surface area contributed by atoms with Crippen molar-refractivity contribution in [2.45, 2.75) is 121 Å². The molecule has 8 nitrogen and oxygen atoms in total. The number of carbonyl (C=O) groups is 1. The third-order valence-electron chi connectivity index (χ3n) is 10.9. The Hall–Kier alpha value is -0.770. The molecule has 3 saturated heterocycles. The van der Waals surface area contributed by atoms with Crippen molar-refractivity contribution >= 4 is 5.91 Å². The summed E-state index contributed by atoms with van der Waals surface area (Å²) in [5, 5.41) is 7.94. The van der Waals surface area contributed by atoms with Crippen LogP contribution in [-0.4, -0.2) is 90.0 Å². The van der Waals surface area contributed by atoms with Crippen molar-refractivity contribution in [2.75, 3.05) is 32.8 Å². The Labute approximate surface area is 218 Å². The summed E-state index contributed by atoms with van der Waals surface area (Å²) in [5.74, 6) is 2.23. The maximum absolute atomic E-state index is 13.6. The molecule has 8 heteroatoms. The first-order valence-corrected chi connectivity index (χ1v) is 15.4. The first kappa shape index (κ1) is 25.5. The van der Waals surface area contributed by atoms with Crippen LogP contribution in [-0.2, 0) is 4.79 Å². The first-order chi connectivity index (χ1) is 17.6. The van der Waals surface area contributed by atoms with Gasteiger partial charge >= 0.3 is 0 Å². The van der Waals surface area contributed by atoms with Gasteiger partial charge in [0.25, 0.3) is 0 Å². The van der Waals surface area contributed by atoms with E-state index in [-0.39, 0.29) is 12.1 Å². The summed E-state index contributed by atoms with van der Waals surface area (Å²) in [6.07, 6.45) is 14.3. The fraction of sp³-hybridized carbons (Fsp3) is 0.964. The van der Waals surface area contributed by atoms with Gasteiger partial charge in [0.2, 0.25) is 5.91 Å². The van der Waals surface area contributed by atoms with Crippen LogP contribution in [0.15, 0.2) is 0 Å². The van der Waals surface area contributed by atoms with Crippen LogP contribution in [0, 0.1) is 17.8 Å². The van der Waals surface area contributed by atoms with Gasteiger partial charge in [-0.2, -0.15) is 0 Å². The zero-order valence-electron chi connectivity index (χ0n) is 22.8. The quantitative estimate of drug-likeness (QED) is 0.470. The van der Waals surface area contributed by atoms with E-state index in [4.69, 9.17) is 0 Å². The van der Waals surface area contributed by atoms with Crippen molar-refractivity contribution < 1.29 is 4.79 Å². The molecule has 6 fully saturated rings. The summed E-state index contributed by atoms with van der Waals surface area (Å²) in [6.45, 7) is 9.78. The number of fused-ring (bicyclic) bond motifs is 3. The van der Waals surface area contributed by atoms with Crippen molar-refractivity contribution in [1.82, 2.24) is 36.2 Å². The number of carbonyl (C=O) groups excluding carboxylic acids is 1. The van der Waals surface area contributed by atoms with Crippen LogP contribution in [0.25, 0.3) is 0 Å². The Kier molecular flexibility index (Phi) is 7.90. The molecule has 6 rings (SSSR count). The molecule has 1 amide bonds. The van der Waals surface area contributed by atoms with Crippen molar-refractivity contribution in [3.8, 4) is 0 Å². The van der Waals surface area contributed by atoms with E-state index in [9.17, 15) is 4.79 Å². The van der Waals surface area contributed by atoms with Gasteiger partial charge in [-0.1, -0.05) is 46.0 Å². The minimum absolute atomic E-state index is 0.188. The van der Waals surface area contributed by atoms with Crippen molar-refractivity contribution in [2.24, 2.45) is 17.8 Å². The van der Waals surface area contributed by atoms with Gasteiger partial charge in [-0.05, 0) is 50.4 Å². The van der Waals surface area contributed by atoms with Crippen LogP contribution >= 0.6 is 0 Å². The van der Waals surface area contributed by atoms with E-state index in [0.717, 1.165) is 70.0 Å². The zero-order valence-corrected chi connectivity index (χ0v) is 22.8. The molecule has 0 spiro atoms. The van der Waals surface area contributed by atoms with Gasteiger partial charge in [0, 0.05) is 56.3 Å². The summed E-state index contributed by atoms with van der Waals surface area (Å²) >= 11 is 0. The van der Waals surface area contributed by atoms with Gasteiger partial charge in [-0.25, -0.2) is 10.9 Å². The average molecular weight is 502 g/mol. The molecule has 4 N–H and O–H groups in total. The summed E-state index contributed by atoms with van der Waals surface area (Å²) in [7, 11) is 0. The van der Waals surface area contributed by atoms with Crippen LogP contribution in [0.5, 0.6) is 0 Å².